The standard InChI is InChI=1S/C15H23NOS2/c1-14-4-6-15(7-5-14)19(2)18-13-3-8-16-9-11-17-12-10-16/h4-7H,2-3,8-13H2,1H3. The highest BCUT2D eigenvalue weighted by Crippen LogP contribution is 2.37. The van der Waals surface area contributed by atoms with Gasteiger partial charge in [0.05, 0.1) is 13.2 Å². The average molecular weight is 297 g/mol. The van der Waals surface area contributed by atoms with E-state index in [0.717, 1.165) is 26.3 Å². The zero-order valence-electron chi connectivity index (χ0n) is 11.6. The van der Waals surface area contributed by atoms with Crippen molar-refractivity contribution >= 4 is 26.2 Å². The first-order chi connectivity index (χ1) is 9.25. The Kier molecular flexibility index (Phi) is 6.44. The van der Waals surface area contributed by atoms with Crippen LogP contribution in [0.3, 0.4) is 0 Å². The third-order valence-corrected chi connectivity index (χ3v) is 6.70. The van der Waals surface area contributed by atoms with E-state index in [1.165, 1.54) is 29.2 Å². The summed E-state index contributed by atoms with van der Waals surface area (Å²) in [4.78, 5) is 3.86. The molecule has 19 heavy (non-hydrogen) atoms. The van der Waals surface area contributed by atoms with E-state index in [0.29, 0.717) is 0 Å². The van der Waals surface area contributed by atoms with Crippen molar-refractivity contribution in [3.05, 3.63) is 29.8 Å². The highest BCUT2D eigenvalue weighted by atomic mass is 33.1. The summed E-state index contributed by atoms with van der Waals surface area (Å²) in [6.07, 6.45) is 1.25. The van der Waals surface area contributed by atoms with E-state index < -0.39 is 0 Å². The fourth-order valence-electron chi connectivity index (χ4n) is 2.03. The fraction of sp³-hybridized carbons (Fsp3) is 0.533. The Morgan fingerprint density at radius 1 is 1.26 bits per heavy atom. The van der Waals surface area contributed by atoms with Crippen molar-refractivity contribution in [2.45, 2.75) is 18.2 Å². The Bertz CT molecular complexity index is 399. The molecule has 1 heterocycles. The van der Waals surface area contributed by atoms with Gasteiger partial charge in [-0.05, 0) is 32.0 Å². The summed E-state index contributed by atoms with van der Waals surface area (Å²) < 4.78 is 5.36. The summed E-state index contributed by atoms with van der Waals surface area (Å²) in [5.41, 5.74) is 1.32. The SMILES string of the molecule is C=S(SCCCN1CCOCC1)c1ccc(C)cc1. The van der Waals surface area contributed by atoms with Crippen molar-refractivity contribution in [1.29, 1.82) is 0 Å². The lowest BCUT2D eigenvalue weighted by molar-refractivity contribution is 0.0381. The quantitative estimate of drug-likeness (QED) is 0.453. The van der Waals surface area contributed by atoms with Crippen molar-refractivity contribution in [3.63, 3.8) is 0 Å². The second-order valence-corrected chi connectivity index (χ2v) is 8.51. The zero-order valence-corrected chi connectivity index (χ0v) is 13.3. The molecular weight excluding hydrogens is 274 g/mol. The predicted octanol–water partition coefficient (Wildman–Crippen LogP) is 3.43. The summed E-state index contributed by atoms with van der Waals surface area (Å²) in [6, 6.07) is 8.77. The van der Waals surface area contributed by atoms with Gasteiger partial charge in [-0.25, -0.2) is 0 Å². The second-order valence-electron chi connectivity index (χ2n) is 4.79. The summed E-state index contributed by atoms with van der Waals surface area (Å²) in [6.45, 7) is 7.31. The molecule has 0 radical (unpaired) electrons. The molecule has 0 bridgehead atoms. The van der Waals surface area contributed by atoms with Crippen LogP contribution in [0.2, 0.25) is 0 Å². The van der Waals surface area contributed by atoms with Crippen LogP contribution in [0.5, 0.6) is 0 Å². The number of ether oxygens (including phenoxy) is 1. The molecule has 1 unspecified atom stereocenters. The van der Waals surface area contributed by atoms with Gasteiger partial charge >= 0.3 is 0 Å². The van der Waals surface area contributed by atoms with Crippen LogP contribution in [-0.4, -0.2) is 49.4 Å². The molecule has 0 amide bonds. The molecular formula is C15H23NOS2. The van der Waals surface area contributed by atoms with Crippen LogP contribution in [0.25, 0.3) is 0 Å². The van der Waals surface area contributed by atoms with Gasteiger partial charge < -0.3 is 4.74 Å². The molecule has 0 saturated carbocycles. The summed E-state index contributed by atoms with van der Waals surface area (Å²) in [5, 5.41) is 0. The Morgan fingerprint density at radius 3 is 2.63 bits per heavy atom. The molecule has 0 spiro atoms. The predicted molar refractivity (Wildman–Crippen MR) is 88.5 cm³/mol. The van der Waals surface area contributed by atoms with E-state index in [4.69, 9.17) is 4.74 Å². The minimum Gasteiger partial charge on any atom is -0.379 e. The van der Waals surface area contributed by atoms with Crippen LogP contribution in [0, 0.1) is 6.92 Å². The third kappa shape index (κ3) is 5.30. The third-order valence-electron chi connectivity index (χ3n) is 3.23. The molecule has 0 aromatic heterocycles. The lowest BCUT2D eigenvalue weighted by Crippen LogP contribution is -2.36. The molecule has 2 nitrogen and oxygen atoms in total. The Hall–Kier alpha value is -0.290. The molecule has 1 aliphatic rings. The summed E-state index contributed by atoms with van der Waals surface area (Å²) >= 11 is 0. The zero-order chi connectivity index (χ0) is 13.5. The molecule has 106 valence electrons. The number of benzene rings is 1. The second kappa shape index (κ2) is 8.10. The largest absolute Gasteiger partial charge is 0.379 e. The minimum atomic E-state index is 0.0754. The van der Waals surface area contributed by atoms with Gasteiger partial charge in [-0.1, -0.05) is 34.4 Å². The van der Waals surface area contributed by atoms with Gasteiger partial charge in [0.1, 0.15) is 0 Å². The Balaban J connectivity index is 1.64. The van der Waals surface area contributed by atoms with E-state index in [1.807, 2.05) is 10.8 Å². The number of hydrogen-bond donors (Lipinski definition) is 0. The topological polar surface area (TPSA) is 12.5 Å². The lowest BCUT2D eigenvalue weighted by Gasteiger charge is -2.26. The van der Waals surface area contributed by atoms with Crippen LogP contribution in [-0.2, 0) is 4.74 Å². The van der Waals surface area contributed by atoms with Crippen molar-refractivity contribution in [1.82, 2.24) is 4.90 Å². The molecule has 1 aliphatic heterocycles. The Labute approximate surface area is 122 Å². The van der Waals surface area contributed by atoms with Crippen LogP contribution in [0.1, 0.15) is 12.0 Å². The number of rotatable bonds is 6. The summed E-state index contributed by atoms with van der Waals surface area (Å²) in [7, 11) is 2.06. The highest BCUT2D eigenvalue weighted by molar-refractivity contribution is 8.83. The fourth-order valence-corrected chi connectivity index (χ4v) is 4.75. The maximum absolute atomic E-state index is 5.36. The van der Waals surface area contributed by atoms with E-state index in [9.17, 15) is 0 Å². The number of morpholine rings is 1. The summed E-state index contributed by atoms with van der Waals surface area (Å²) in [5.74, 6) is 5.47. The number of hydrogen-bond acceptors (Lipinski definition) is 3. The smallest absolute Gasteiger partial charge is 0.0594 e. The van der Waals surface area contributed by atoms with Crippen LogP contribution in [0.4, 0.5) is 0 Å². The van der Waals surface area contributed by atoms with Crippen molar-refractivity contribution in [2.24, 2.45) is 0 Å². The first-order valence-corrected chi connectivity index (χ1v) is 9.69. The van der Waals surface area contributed by atoms with Gasteiger partial charge in [-0.3, -0.25) is 4.90 Å². The van der Waals surface area contributed by atoms with Gasteiger partial charge in [0.2, 0.25) is 0 Å². The van der Waals surface area contributed by atoms with Crippen LogP contribution in [0.15, 0.2) is 29.2 Å². The van der Waals surface area contributed by atoms with Crippen molar-refractivity contribution in [2.75, 3.05) is 38.6 Å². The van der Waals surface area contributed by atoms with Crippen LogP contribution >= 0.6 is 20.3 Å². The van der Waals surface area contributed by atoms with Gasteiger partial charge in [-0.2, -0.15) is 0 Å². The molecule has 4 heteroatoms. The maximum Gasteiger partial charge on any atom is 0.0594 e. The van der Waals surface area contributed by atoms with Gasteiger partial charge in [0, 0.05) is 23.7 Å². The highest BCUT2D eigenvalue weighted by Gasteiger charge is 2.09. The molecule has 1 fully saturated rings. The van der Waals surface area contributed by atoms with E-state index in [2.05, 4.69) is 42.0 Å². The maximum atomic E-state index is 5.36. The molecule has 1 aromatic rings. The molecule has 0 aliphatic carbocycles. The van der Waals surface area contributed by atoms with E-state index >= 15 is 0 Å². The average Bonchev–Trinajstić information content (AvgIpc) is 2.45. The van der Waals surface area contributed by atoms with Gasteiger partial charge in [-0.15, -0.1) is 9.52 Å². The van der Waals surface area contributed by atoms with E-state index in [1.54, 1.807) is 0 Å². The number of nitrogens with zero attached hydrogens (tertiary/aromatic N) is 1. The molecule has 1 atom stereocenters. The monoisotopic (exact) mass is 297 g/mol. The molecule has 1 saturated heterocycles. The minimum absolute atomic E-state index is 0.0754. The van der Waals surface area contributed by atoms with Crippen molar-refractivity contribution in [3.8, 4) is 0 Å². The van der Waals surface area contributed by atoms with Gasteiger partial charge in [0.25, 0.3) is 0 Å². The number of aryl methyl sites for hydroxylation is 1. The van der Waals surface area contributed by atoms with E-state index in [-0.39, 0.29) is 9.52 Å². The van der Waals surface area contributed by atoms with Crippen LogP contribution < -0.4 is 0 Å². The molecule has 1 aromatic carbocycles. The lowest BCUT2D eigenvalue weighted by atomic mass is 10.2. The Morgan fingerprint density at radius 2 is 1.95 bits per heavy atom. The first kappa shape index (κ1) is 15.1. The normalized spacial score (nSPS) is 18.4. The molecule has 0 N–H and O–H groups in total. The van der Waals surface area contributed by atoms with Gasteiger partial charge in [0.15, 0.2) is 0 Å². The van der Waals surface area contributed by atoms with Crippen molar-refractivity contribution < 1.29 is 4.74 Å². The first-order valence-electron chi connectivity index (χ1n) is 6.80. The molecule has 2 rings (SSSR count).